The molecule has 1 unspecified atom stereocenters. The van der Waals surface area contributed by atoms with Gasteiger partial charge >= 0.3 is 6.18 Å². The van der Waals surface area contributed by atoms with E-state index < -0.39 is 23.8 Å². The standard InChI is InChI=1S/C18H18F3NO2/c1-11-4-9-16(10-12(11)2)24-13(3)17(23)22-15-7-5-14(6-8-15)18(19,20)21/h4-10,13H,1-3H3,(H,22,23). The number of halogens is 3. The summed E-state index contributed by atoms with van der Waals surface area (Å²) in [6, 6.07) is 9.76. The Labute approximate surface area is 138 Å². The van der Waals surface area contributed by atoms with Gasteiger partial charge in [-0.15, -0.1) is 0 Å². The summed E-state index contributed by atoms with van der Waals surface area (Å²) in [5.41, 5.74) is 1.68. The Kier molecular flexibility index (Phi) is 5.17. The van der Waals surface area contributed by atoms with Crippen molar-refractivity contribution in [1.29, 1.82) is 0 Å². The Morgan fingerprint density at radius 3 is 2.21 bits per heavy atom. The van der Waals surface area contributed by atoms with Crippen molar-refractivity contribution < 1.29 is 22.7 Å². The highest BCUT2D eigenvalue weighted by molar-refractivity contribution is 5.94. The van der Waals surface area contributed by atoms with E-state index in [9.17, 15) is 18.0 Å². The van der Waals surface area contributed by atoms with Gasteiger partial charge in [0, 0.05) is 5.69 Å². The van der Waals surface area contributed by atoms with Gasteiger partial charge in [-0.05, 0) is 68.3 Å². The molecule has 0 spiro atoms. The number of benzene rings is 2. The maximum absolute atomic E-state index is 12.5. The largest absolute Gasteiger partial charge is 0.481 e. The monoisotopic (exact) mass is 337 g/mol. The van der Waals surface area contributed by atoms with Crippen LogP contribution in [0.2, 0.25) is 0 Å². The molecular formula is C18H18F3NO2. The molecule has 0 aliphatic carbocycles. The van der Waals surface area contributed by atoms with E-state index in [4.69, 9.17) is 4.74 Å². The minimum Gasteiger partial charge on any atom is -0.481 e. The van der Waals surface area contributed by atoms with Gasteiger partial charge < -0.3 is 10.1 Å². The summed E-state index contributed by atoms with van der Waals surface area (Å²) in [6.45, 7) is 5.49. The number of nitrogens with one attached hydrogen (secondary N) is 1. The molecule has 0 aliphatic heterocycles. The van der Waals surface area contributed by atoms with E-state index in [1.54, 1.807) is 13.0 Å². The van der Waals surface area contributed by atoms with E-state index in [2.05, 4.69) is 5.32 Å². The highest BCUT2D eigenvalue weighted by Crippen LogP contribution is 2.29. The zero-order valence-corrected chi connectivity index (χ0v) is 13.6. The van der Waals surface area contributed by atoms with Crippen LogP contribution in [0.4, 0.5) is 18.9 Å². The lowest BCUT2D eigenvalue weighted by molar-refractivity contribution is -0.137. The van der Waals surface area contributed by atoms with Crippen LogP contribution in [0.15, 0.2) is 42.5 Å². The second kappa shape index (κ2) is 6.95. The Balaban J connectivity index is 1.99. The maximum Gasteiger partial charge on any atom is 0.416 e. The average Bonchev–Trinajstić information content (AvgIpc) is 2.50. The Bertz CT molecular complexity index is 724. The van der Waals surface area contributed by atoms with Crippen molar-refractivity contribution in [3.63, 3.8) is 0 Å². The number of carbonyl (C=O) groups excluding carboxylic acids is 1. The Morgan fingerprint density at radius 2 is 1.67 bits per heavy atom. The Hall–Kier alpha value is -2.50. The first kappa shape index (κ1) is 17.8. The van der Waals surface area contributed by atoms with E-state index in [1.807, 2.05) is 26.0 Å². The predicted octanol–water partition coefficient (Wildman–Crippen LogP) is 4.73. The van der Waals surface area contributed by atoms with Crippen LogP contribution in [0.5, 0.6) is 5.75 Å². The van der Waals surface area contributed by atoms with E-state index in [1.165, 1.54) is 12.1 Å². The van der Waals surface area contributed by atoms with Gasteiger partial charge in [-0.25, -0.2) is 0 Å². The van der Waals surface area contributed by atoms with E-state index in [0.717, 1.165) is 23.3 Å². The number of hydrogen-bond donors (Lipinski definition) is 1. The van der Waals surface area contributed by atoms with Crippen LogP contribution in [0, 0.1) is 13.8 Å². The fourth-order valence-corrected chi connectivity index (χ4v) is 2.03. The topological polar surface area (TPSA) is 38.3 Å². The highest BCUT2D eigenvalue weighted by atomic mass is 19.4. The second-order valence-electron chi connectivity index (χ2n) is 5.57. The lowest BCUT2D eigenvalue weighted by atomic mass is 10.1. The van der Waals surface area contributed by atoms with Crippen molar-refractivity contribution in [2.24, 2.45) is 0 Å². The third-order valence-corrected chi connectivity index (χ3v) is 3.64. The van der Waals surface area contributed by atoms with Gasteiger partial charge in [0.2, 0.25) is 0 Å². The van der Waals surface area contributed by atoms with Crippen LogP contribution in [0.3, 0.4) is 0 Å². The third-order valence-electron chi connectivity index (χ3n) is 3.64. The van der Waals surface area contributed by atoms with Crippen LogP contribution >= 0.6 is 0 Å². The minimum atomic E-state index is -4.40. The number of anilines is 1. The fraction of sp³-hybridized carbons (Fsp3) is 0.278. The predicted molar refractivity (Wildman–Crippen MR) is 86.1 cm³/mol. The molecule has 0 heterocycles. The number of alkyl halides is 3. The summed E-state index contributed by atoms with van der Waals surface area (Å²) in [6.07, 6.45) is -5.18. The summed E-state index contributed by atoms with van der Waals surface area (Å²) in [4.78, 5) is 12.1. The molecule has 0 bridgehead atoms. The zero-order chi connectivity index (χ0) is 17.9. The molecule has 1 amide bonds. The molecule has 0 radical (unpaired) electrons. The maximum atomic E-state index is 12.5. The summed E-state index contributed by atoms with van der Waals surface area (Å²) in [5.74, 6) is 0.126. The average molecular weight is 337 g/mol. The van der Waals surface area contributed by atoms with Crippen molar-refractivity contribution in [3.8, 4) is 5.75 Å². The lowest BCUT2D eigenvalue weighted by Gasteiger charge is -2.16. The first-order valence-corrected chi connectivity index (χ1v) is 7.39. The van der Waals surface area contributed by atoms with Gasteiger partial charge in [-0.1, -0.05) is 6.07 Å². The molecular weight excluding hydrogens is 319 g/mol. The highest BCUT2D eigenvalue weighted by Gasteiger charge is 2.30. The van der Waals surface area contributed by atoms with Crippen LogP contribution in [-0.2, 0) is 11.0 Å². The first-order chi connectivity index (χ1) is 11.2. The van der Waals surface area contributed by atoms with Crippen molar-refractivity contribution >= 4 is 11.6 Å². The summed E-state index contributed by atoms with van der Waals surface area (Å²) in [5, 5.41) is 2.54. The lowest BCUT2D eigenvalue weighted by Crippen LogP contribution is -2.30. The van der Waals surface area contributed by atoms with Crippen LogP contribution in [-0.4, -0.2) is 12.0 Å². The molecule has 0 saturated heterocycles. The van der Waals surface area contributed by atoms with Gasteiger partial charge in [-0.3, -0.25) is 4.79 Å². The molecule has 2 aromatic carbocycles. The van der Waals surface area contributed by atoms with Crippen molar-refractivity contribution in [1.82, 2.24) is 0 Å². The van der Waals surface area contributed by atoms with Crippen LogP contribution in [0.1, 0.15) is 23.6 Å². The van der Waals surface area contributed by atoms with Gasteiger partial charge in [0.1, 0.15) is 5.75 Å². The molecule has 0 fully saturated rings. The molecule has 0 saturated carbocycles. The summed E-state index contributed by atoms with van der Waals surface area (Å²) in [7, 11) is 0. The first-order valence-electron chi connectivity index (χ1n) is 7.39. The zero-order valence-electron chi connectivity index (χ0n) is 13.6. The number of amides is 1. The van der Waals surface area contributed by atoms with Crippen LogP contribution < -0.4 is 10.1 Å². The number of carbonyl (C=O) groups is 1. The number of ether oxygens (including phenoxy) is 1. The quantitative estimate of drug-likeness (QED) is 0.876. The molecule has 1 N–H and O–H groups in total. The van der Waals surface area contributed by atoms with Crippen molar-refractivity contribution in [2.45, 2.75) is 33.1 Å². The van der Waals surface area contributed by atoms with Gasteiger partial charge in [-0.2, -0.15) is 13.2 Å². The van der Waals surface area contributed by atoms with Crippen molar-refractivity contribution in [3.05, 3.63) is 59.2 Å². The van der Waals surface area contributed by atoms with E-state index in [0.29, 0.717) is 5.75 Å². The minimum absolute atomic E-state index is 0.281. The number of hydrogen-bond acceptors (Lipinski definition) is 2. The normalized spacial score (nSPS) is 12.6. The molecule has 128 valence electrons. The molecule has 1 atom stereocenters. The number of rotatable bonds is 4. The molecule has 0 aliphatic rings. The Morgan fingerprint density at radius 1 is 1.04 bits per heavy atom. The smallest absolute Gasteiger partial charge is 0.416 e. The molecule has 0 aromatic heterocycles. The molecule has 3 nitrogen and oxygen atoms in total. The van der Waals surface area contributed by atoms with Gasteiger partial charge in [0.05, 0.1) is 5.56 Å². The van der Waals surface area contributed by atoms with Crippen LogP contribution in [0.25, 0.3) is 0 Å². The summed E-state index contributed by atoms with van der Waals surface area (Å²) < 4.78 is 43.1. The molecule has 2 aromatic rings. The fourth-order valence-electron chi connectivity index (χ4n) is 2.03. The number of aryl methyl sites for hydroxylation is 2. The molecule has 6 heteroatoms. The third kappa shape index (κ3) is 4.50. The van der Waals surface area contributed by atoms with E-state index >= 15 is 0 Å². The summed E-state index contributed by atoms with van der Waals surface area (Å²) >= 11 is 0. The molecule has 24 heavy (non-hydrogen) atoms. The SMILES string of the molecule is Cc1ccc(OC(C)C(=O)Nc2ccc(C(F)(F)F)cc2)cc1C. The van der Waals surface area contributed by atoms with Gasteiger partial charge in [0.15, 0.2) is 6.10 Å². The van der Waals surface area contributed by atoms with Crippen molar-refractivity contribution in [2.75, 3.05) is 5.32 Å². The van der Waals surface area contributed by atoms with E-state index in [-0.39, 0.29) is 5.69 Å². The molecule has 2 rings (SSSR count). The van der Waals surface area contributed by atoms with Gasteiger partial charge in [0.25, 0.3) is 5.91 Å². The second-order valence-corrected chi connectivity index (χ2v) is 5.57.